The molecular formula is C19H14Cl2N6OS2. The molecule has 0 fully saturated rings. The Morgan fingerprint density at radius 3 is 2.73 bits per heavy atom. The predicted molar refractivity (Wildman–Crippen MR) is 124 cm³/mol. The highest BCUT2D eigenvalue weighted by molar-refractivity contribution is 7.80. The second-order valence-electron chi connectivity index (χ2n) is 6.36. The fraction of sp³-hybridized carbons (Fsp3) is 0.105. The summed E-state index contributed by atoms with van der Waals surface area (Å²) in [6, 6.07) is 10.4. The SMILES string of the molecule is Cc1c(NC(=S)NC(=O)c2cc(Cl)ccc2Cl)cccc1-c1nn2c(C)nnc2s1. The average Bonchev–Trinajstić information content (AvgIpc) is 3.27. The first-order chi connectivity index (χ1) is 14.3. The lowest BCUT2D eigenvalue weighted by atomic mass is 10.1. The van der Waals surface area contributed by atoms with Crippen molar-refractivity contribution in [3.05, 3.63) is 63.4 Å². The van der Waals surface area contributed by atoms with E-state index < -0.39 is 5.91 Å². The molecule has 0 atom stereocenters. The van der Waals surface area contributed by atoms with E-state index in [1.165, 1.54) is 17.4 Å². The quantitative estimate of drug-likeness (QED) is 0.409. The second-order valence-corrected chi connectivity index (χ2v) is 8.57. The van der Waals surface area contributed by atoms with Crippen LogP contribution >= 0.6 is 46.8 Å². The Balaban J connectivity index is 1.54. The van der Waals surface area contributed by atoms with Crippen LogP contribution in [0, 0.1) is 13.8 Å². The molecule has 2 heterocycles. The van der Waals surface area contributed by atoms with Crippen LogP contribution in [0.5, 0.6) is 0 Å². The number of halogens is 2. The average molecular weight is 477 g/mol. The summed E-state index contributed by atoms with van der Waals surface area (Å²) in [6.07, 6.45) is 0. The summed E-state index contributed by atoms with van der Waals surface area (Å²) in [5, 5.41) is 20.0. The van der Waals surface area contributed by atoms with Gasteiger partial charge in [-0.05, 0) is 55.9 Å². The lowest BCUT2D eigenvalue weighted by Gasteiger charge is -2.14. The Bertz CT molecular complexity index is 1300. The minimum Gasteiger partial charge on any atom is -0.332 e. The lowest BCUT2D eigenvalue weighted by Crippen LogP contribution is -2.34. The van der Waals surface area contributed by atoms with Crippen molar-refractivity contribution in [2.75, 3.05) is 5.32 Å². The van der Waals surface area contributed by atoms with Crippen LogP contribution in [-0.2, 0) is 0 Å². The van der Waals surface area contributed by atoms with Crippen molar-refractivity contribution < 1.29 is 4.79 Å². The van der Waals surface area contributed by atoms with Gasteiger partial charge >= 0.3 is 0 Å². The molecule has 2 aromatic carbocycles. The maximum absolute atomic E-state index is 12.5. The molecule has 7 nitrogen and oxygen atoms in total. The van der Waals surface area contributed by atoms with Gasteiger partial charge in [0, 0.05) is 16.3 Å². The molecule has 4 aromatic rings. The molecule has 0 aliphatic heterocycles. The Morgan fingerprint density at radius 1 is 1.17 bits per heavy atom. The number of carbonyl (C=O) groups excluding carboxylic acids is 1. The van der Waals surface area contributed by atoms with E-state index in [9.17, 15) is 4.79 Å². The summed E-state index contributed by atoms with van der Waals surface area (Å²) in [5.74, 6) is 0.279. The zero-order valence-corrected chi connectivity index (χ0v) is 18.9. The number of benzene rings is 2. The lowest BCUT2D eigenvalue weighted by molar-refractivity contribution is 0.0978. The van der Waals surface area contributed by atoms with Crippen molar-refractivity contribution in [1.29, 1.82) is 0 Å². The normalized spacial score (nSPS) is 10.9. The molecule has 0 spiro atoms. The van der Waals surface area contributed by atoms with Crippen LogP contribution in [-0.4, -0.2) is 30.8 Å². The van der Waals surface area contributed by atoms with Crippen LogP contribution in [0.3, 0.4) is 0 Å². The van der Waals surface area contributed by atoms with E-state index in [1.807, 2.05) is 32.0 Å². The summed E-state index contributed by atoms with van der Waals surface area (Å²) >= 11 is 18.8. The monoisotopic (exact) mass is 476 g/mol. The number of nitrogens with zero attached hydrogens (tertiary/aromatic N) is 4. The topological polar surface area (TPSA) is 84.2 Å². The van der Waals surface area contributed by atoms with Crippen molar-refractivity contribution in [2.45, 2.75) is 13.8 Å². The summed E-state index contributed by atoms with van der Waals surface area (Å²) < 4.78 is 1.71. The maximum atomic E-state index is 12.5. The summed E-state index contributed by atoms with van der Waals surface area (Å²) in [6.45, 7) is 3.80. The fourth-order valence-corrected chi connectivity index (χ4v) is 4.37. The van der Waals surface area contributed by atoms with E-state index >= 15 is 0 Å². The molecule has 0 unspecified atom stereocenters. The van der Waals surface area contributed by atoms with Gasteiger partial charge in [-0.1, -0.05) is 46.7 Å². The van der Waals surface area contributed by atoms with Gasteiger partial charge in [0.25, 0.3) is 5.91 Å². The summed E-state index contributed by atoms with van der Waals surface area (Å²) in [4.78, 5) is 13.2. The fourth-order valence-electron chi connectivity index (χ4n) is 2.82. The van der Waals surface area contributed by atoms with Crippen LogP contribution in [0.2, 0.25) is 10.0 Å². The number of rotatable bonds is 3. The third kappa shape index (κ3) is 4.01. The largest absolute Gasteiger partial charge is 0.332 e. The van der Waals surface area contributed by atoms with Crippen LogP contribution in [0.1, 0.15) is 21.7 Å². The molecular weight excluding hydrogens is 463 g/mol. The van der Waals surface area contributed by atoms with Gasteiger partial charge in [0.1, 0.15) is 5.01 Å². The number of amides is 1. The number of nitrogens with one attached hydrogen (secondary N) is 2. The number of fused-ring (bicyclic) bond motifs is 1. The van der Waals surface area contributed by atoms with Gasteiger partial charge in [0.05, 0.1) is 10.6 Å². The molecule has 0 aliphatic carbocycles. The number of carbonyl (C=O) groups is 1. The van der Waals surface area contributed by atoms with Gasteiger partial charge in [0.2, 0.25) is 4.96 Å². The van der Waals surface area contributed by atoms with Crippen molar-refractivity contribution >= 4 is 68.4 Å². The molecule has 0 aliphatic rings. The molecule has 0 radical (unpaired) electrons. The van der Waals surface area contributed by atoms with Crippen molar-refractivity contribution in [3.8, 4) is 10.6 Å². The van der Waals surface area contributed by atoms with Gasteiger partial charge in [-0.3, -0.25) is 10.1 Å². The van der Waals surface area contributed by atoms with Gasteiger partial charge in [-0.15, -0.1) is 10.2 Å². The highest BCUT2D eigenvalue weighted by Crippen LogP contribution is 2.31. The molecule has 30 heavy (non-hydrogen) atoms. The third-order valence-electron chi connectivity index (χ3n) is 4.36. The standard InChI is InChI=1S/C19H14Cl2N6OS2/c1-9-12(17-26-27-10(2)24-25-19(27)30-17)4-3-5-15(9)22-18(29)23-16(28)13-8-11(20)6-7-14(13)21/h3-8H,1-2H3,(H2,22,23,28,29). The van der Waals surface area contributed by atoms with E-state index in [0.29, 0.717) is 5.02 Å². The Morgan fingerprint density at radius 2 is 1.97 bits per heavy atom. The summed E-state index contributed by atoms with van der Waals surface area (Å²) in [5.41, 5.74) is 2.85. The Kier molecular flexibility index (Phi) is 5.70. The molecule has 4 rings (SSSR count). The molecule has 0 bridgehead atoms. The minimum absolute atomic E-state index is 0.144. The number of thiocarbonyl (C=S) groups is 1. The smallest absolute Gasteiger partial charge is 0.258 e. The minimum atomic E-state index is -0.446. The number of aromatic nitrogens is 4. The molecule has 0 saturated carbocycles. The van der Waals surface area contributed by atoms with Gasteiger partial charge < -0.3 is 5.32 Å². The van der Waals surface area contributed by atoms with E-state index in [2.05, 4.69) is 25.9 Å². The van der Waals surface area contributed by atoms with Gasteiger partial charge in [-0.2, -0.15) is 9.61 Å². The zero-order valence-electron chi connectivity index (χ0n) is 15.7. The zero-order chi connectivity index (χ0) is 21.4. The first-order valence-electron chi connectivity index (χ1n) is 8.69. The first kappa shape index (κ1) is 20.7. The third-order valence-corrected chi connectivity index (χ3v) is 6.06. The number of anilines is 1. The first-order valence-corrected chi connectivity index (χ1v) is 10.7. The highest BCUT2D eigenvalue weighted by Gasteiger charge is 2.16. The summed E-state index contributed by atoms with van der Waals surface area (Å²) in [7, 11) is 0. The van der Waals surface area contributed by atoms with Crippen molar-refractivity contribution in [3.63, 3.8) is 0 Å². The van der Waals surface area contributed by atoms with Crippen LogP contribution in [0.25, 0.3) is 15.5 Å². The molecule has 11 heteroatoms. The second kappa shape index (κ2) is 8.27. The van der Waals surface area contributed by atoms with Crippen LogP contribution < -0.4 is 10.6 Å². The Labute approximate surface area is 191 Å². The van der Waals surface area contributed by atoms with E-state index in [4.69, 9.17) is 35.4 Å². The molecule has 1 amide bonds. The van der Waals surface area contributed by atoms with Crippen molar-refractivity contribution in [1.82, 2.24) is 25.1 Å². The Hall–Kier alpha value is -2.59. The molecule has 2 aromatic heterocycles. The maximum Gasteiger partial charge on any atom is 0.258 e. The predicted octanol–water partition coefficient (Wildman–Crippen LogP) is 4.90. The van der Waals surface area contributed by atoms with Gasteiger partial charge in [0.15, 0.2) is 10.9 Å². The van der Waals surface area contributed by atoms with Crippen LogP contribution in [0.15, 0.2) is 36.4 Å². The van der Waals surface area contributed by atoms with Crippen LogP contribution in [0.4, 0.5) is 5.69 Å². The molecule has 0 saturated heterocycles. The van der Waals surface area contributed by atoms with Crippen molar-refractivity contribution in [2.24, 2.45) is 0 Å². The van der Waals surface area contributed by atoms with E-state index in [1.54, 1.807) is 16.6 Å². The van der Waals surface area contributed by atoms with E-state index in [0.717, 1.165) is 32.6 Å². The van der Waals surface area contributed by atoms with Gasteiger partial charge in [-0.25, -0.2) is 0 Å². The van der Waals surface area contributed by atoms with E-state index in [-0.39, 0.29) is 15.7 Å². The highest BCUT2D eigenvalue weighted by atomic mass is 35.5. The number of hydrogen-bond donors (Lipinski definition) is 2. The molecule has 2 N–H and O–H groups in total. The number of hydrogen-bond acceptors (Lipinski definition) is 6. The number of aryl methyl sites for hydroxylation is 1. The molecule has 152 valence electrons.